The van der Waals surface area contributed by atoms with Crippen LogP contribution in [0.3, 0.4) is 0 Å². The molecule has 2 atom stereocenters. The monoisotopic (exact) mass is 759 g/mol. The molecular formula is C55H37NO3. The van der Waals surface area contributed by atoms with Crippen LogP contribution in [-0.2, 0) is 5.41 Å². The van der Waals surface area contributed by atoms with Crippen LogP contribution >= 0.6 is 0 Å². The number of benzene rings is 7. The fraction of sp³-hybridized carbons (Fsp3) is 0.0909. The van der Waals surface area contributed by atoms with Gasteiger partial charge in [-0.1, -0.05) is 121 Å². The van der Waals surface area contributed by atoms with E-state index in [2.05, 4.69) is 181 Å². The zero-order chi connectivity index (χ0) is 38.7. The molecule has 1 aliphatic heterocycles. The number of ether oxygens (including phenoxy) is 2. The maximum absolute atomic E-state index is 7.26. The molecule has 59 heavy (non-hydrogen) atoms. The van der Waals surface area contributed by atoms with Gasteiger partial charge in [0.15, 0.2) is 23.7 Å². The highest BCUT2D eigenvalue weighted by molar-refractivity contribution is 6.06. The highest BCUT2D eigenvalue weighted by Crippen LogP contribution is 2.66. The maximum atomic E-state index is 7.26. The Labute approximate surface area is 342 Å². The number of anilines is 2. The van der Waals surface area contributed by atoms with Crippen molar-refractivity contribution in [1.82, 2.24) is 0 Å². The Balaban J connectivity index is 0.922. The molecule has 13 rings (SSSR count). The standard InChI is InChI=1S/C55H37NO3/c1-2-14-36(15-3-1)56(37-16-12-13-34(31-37)35-25-28-49-43(32-35)41-19-7-11-24-48(41)57-49)38-26-29-50-52(33-38)59-54-51(58-50)30-27-47-53(54)42-20-6-10-23-46(42)55(47)44-21-8-4-17-39(44)40-18-5-9-22-45(40)55/h1-9,11-22,24-33,50,52H,10,23H2. The van der Waals surface area contributed by atoms with Gasteiger partial charge in [0.05, 0.1) is 5.41 Å². The first kappa shape index (κ1) is 32.8. The summed E-state index contributed by atoms with van der Waals surface area (Å²) in [5.74, 6) is 1.63. The van der Waals surface area contributed by atoms with Gasteiger partial charge in [-0.15, -0.1) is 0 Å². The minimum Gasteiger partial charge on any atom is -0.478 e. The predicted octanol–water partition coefficient (Wildman–Crippen LogP) is 13.5. The van der Waals surface area contributed by atoms with Crippen molar-refractivity contribution in [3.05, 3.63) is 222 Å². The first-order valence-electron chi connectivity index (χ1n) is 20.6. The van der Waals surface area contributed by atoms with Gasteiger partial charge >= 0.3 is 0 Å². The van der Waals surface area contributed by atoms with E-state index in [1.807, 2.05) is 12.1 Å². The summed E-state index contributed by atoms with van der Waals surface area (Å²) in [7, 11) is 0. The summed E-state index contributed by atoms with van der Waals surface area (Å²) in [6, 6.07) is 56.5. The van der Waals surface area contributed by atoms with Gasteiger partial charge in [0.25, 0.3) is 0 Å². The van der Waals surface area contributed by atoms with Gasteiger partial charge in [-0.25, -0.2) is 0 Å². The van der Waals surface area contributed by atoms with Crippen molar-refractivity contribution in [1.29, 1.82) is 0 Å². The second-order valence-electron chi connectivity index (χ2n) is 16.1. The molecule has 0 bridgehead atoms. The zero-order valence-corrected chi connectivity index (χ0v) is 32.1. The molecule has 2 unspecified atom stereocenters. The van der Waals surface area contributed by atoms with E-state index in [4.69, 9.17) is 13.9 Å². The van der Waals surface area contributed by atoms with Crippen LogP contribution in [0.2, 0.25) is 0 Å². The lowest BCUT2D eigenvalue weighted by Crippen LogP contribution is -2.40. The van der Waals surface area contributed by atoms with Gasteiger partial charge in [-0.05, 0) is 130 Å². The van der Waals surface area contributed by atoms with Crippen LogP contribution in [-0.4, -0.2) is 12.2 Å². The molecule has 4 heteroatoms. The second kappa shape index (κ2) is 12.3. The summed E-state index contributed by atoms with van der Waals surface area (Å²) < 4.78 is 20.3. The number of nitrogens with zero attached hydrogens (tertiary/aromatic N) is 1. The first-order chi connectivity index (χ1) is 29.2. The van der Waals surface area contributed by atoms with Crippen molar-refractivity contribution >= 4 is 38.9 Å². The molecule has 280 valence electrons. The SMILES string of the molecule is C1=CC2=C(CC1)C1(c3ccccc3-c3ccccc31)c1ccc3c(c12)OC1C=C(N(c2ccccc2)c2cccc(-c4ccc5oc6ccccc6c5c4)c2)C=CC1O3. The average molecular weight is 760 g/mol. The summed E-state index contributed by atoms with van der Waals surface area (Å²) in [5.41, 5.74) is 17.4. The normalized spacial score (nSPS) is 18.7. The number of para-hydroxylation sites is 2. The van der Waals surface area contributed by atoms with Crippen LogP contribution in [0.1, 0.15) is 35.1 Å². The fourth-order valence-electron chi connectivity index (χ4n) is 10.7. The highest BCUT2D eigenvalue weighted by atomic mass is 16.6. The molecule has 0 fully saturated rings. The smallest absolute Gasteiger partial charge is 0.170 e. The van der Waals surface area contributed by atoms with Crippen LogP contribution in [0, 0.1) is 0 Å². The third kappa shape index (κ3) is 4.60. The molecule has 0 radical (unpaired) electrons. The maximum Gasteiger partial charge on any atom is 0.170 e. The third-order valence-electron chi connectivity index (χ3n) is 13.1. The Morgan fingerprint density at radius 3 is 2.17 bits per heavy atom. The lowest BCUT2D eigenvalue weighted by Gasteiger charge is -2.37. The number of furan rings is 1. The van der Waals surface area contributed by atoms with Crippen LogP contribution in [0.25, 0.3) is 49.8 Å². The number of hydrogen-bond donors (Lipinski definition) is 0. The summed E-state index contributed by atoms with van der Waals surface area (Å²) in [6.45, 7) is 0. The van der Waals surface area contributed by atoms with E-state index < -0.39 is 0 Å². The van der Waals surface area contributed by atoms with Crippen LogP contribution in [0.5, 0.6) is 11.5 Å². The Kier molecular flexibility index (Phi) is 6.86. The van der Waals surface area contributed by atoms with Gasteiger partial charge in [0.2, 0.25) is 0 Å². The van der Waals surface area contributed by atoms with Crippen LogP contribution in [0.4, 0.5) is 11.4 Å². The topological polar surface area (TPSA) is 34.8 Å². The molecule has 0 saturated carbocycles. The van der Waals surface area contributed by atoms with Crippen molar-refractivity contribution in [3.63, 3.8) is 0 Å². The summed E-state index contributed by atoms with van der Waals surface area (Å²) >= 11 is 0. The number of rotatable bonds is 4. The quantitative estimate of drug-likeness (QED) is 0.179. The second-order valence-corrected chi connectivity index (χ2v) is 16.1. The Morgan fingerprint density at radius 1 is 0.559 bits per heavy atom. The van der Waals surface area contributed by atoms with Crippen LogP contribution in [0.15, 0.2) is 204 Å². The Bertz CT molecular complexity index is 3150. The molecule has 4 aliphatic carbocycles. The summed E-state index contributed by atoms with van der Waals surface area (Å²) in [4.78, 5) is 2.32. The lowest BCUT2D eigenvalue weighted by atomic mass is 9.68. The van der Waals surface area contributed by atoms with E-state index in [-0.39, 0.29) is 17.6 Å². The van der Waals surface area contributed by atoms with Crippen molar-refractivity contribution in [2.24, 2.45) is 0 Å². The Morgan fingerprint density at radius 2 is 1.31 bits per heavy atom. The van der Waals surface area contributed by atoms with Gasteiger partial charge in [-0.3, -0.25) is 0 Å². The van der Waals surface area contributed by atoms with E-state index in [1.165, 1.54) is 39.0 Å². The molecule has 2 heterocycles. The van der Waals surface area contributed by atoms with Crippen molar-refractivity contribution < 1.29 is 13.9 Å². The summed E-state index contributed by atoms with van der Waals surface area (Å²) in [6.07, 6.45) is 12.7. The van der Waals surface area contributed by atoms with Crippen molar-refractivity contribution in [2.45, 2.75) is 30.5 Å². The number of allylic oxidation sites excluding steroid dienone is 5. The van der Waals surface area contributed by atoms with E-state index in [9.17, 15) is 0 Å². The average Bonchev–Trinajstić information content (AvgIpc) is 3.93. The highest BCUT2D eigenvalue weighted by Gasteiger charge is 2.54. The predicted molar refractivity (Wildman–Crippen MR) is 237 cm³/mol. The minimum absolute atomic E-state index is 0.261. The first-order valence-corrected chi connectivity index (χ1v) is 20.6. The molecule has 0 saturated heterocycles. The molecule has 8 aromatic rings. The number of fused-ring (bicyclic) bond motifs is 15. The number of hydrogen-bond acceptors (Lipinski definition) is 4. The van der Waals surface area contributed by atoms with Crippen molar-refractivity contribution in [2.75, 3.05) is 4.90 Å². The Hall–Kier alpha value is -7.30. The largest absolute Gasteiger partial charge is 0.478 e. The molecule has 0 N–H and O–H groups in total. The van der Waals surface area contributed by atoms with E-state index in [0.717, 1.165) is 80.0 Å². The van der Waals surface area contributed by atoms with Gasteiger partial charge in [-0.2, -0.15) is 0 Å². The molecule has 5 aliphatic rings. The molecule has 7 aromatic carbocycles. The summed E-state index contributed by atoms with van der Waals surface area (Å²) in [5, 5.41) is 2.24. The molecular weight excluding hydrogens is 723 g/mol. The van der Waals surface area contributed by atoms with E-state index in [0.29, 0.717) is 0 Å². The molecule has 1 aromatic heterocycles. The molecule has 0 amide bonds. The van der Waals surface area contributed by atoms with Crippen molar-refractivity contribution in [3.8, 4) is 33.8 Å². The molecule has 1 spiro atoms. The minimum atomic E-state index is -0.365. The fourth-order valence-corrected chi connectivity index (χ4v) is 10.7. The zero-order valence-electron chi connectivity index (χ0n) is 32.1. The van der Waals surface area contributed by atoms with Gasteiger partial charge in [0.1, 0.15) is 11.2 Å². The van der Waals surface area contributed by atoms with E-state index in [1.54, 1.807) is 0 Å². The van der Waals surface area contributed by atoms with Crippen LogP contribution < -0.4 is 14.4 Å². The van der Waals surface area contributed by atoms with Gasteiger partial charge in [0, 0.05) is 33.4 Å². The van der Waals surface area contributed by atoms with E-state index >= 15 is 0 Å². The van der Waals surface area contributed by atoms with Gasteiger partial charge < -0.3 is 18.8 Å². The third-order valence-corrected chi connectivity index (χ3v) is 13.1. The lowest BCUT2D eigenvalue weighted by molar-refractivity contribution is 0.0745. The molecule has 4 nitrogen and oxygen atoms in total.